The van der Waals surface area contributed by atoms with Crippen molar-refractivity contribution in [3.05, 3.63) is 107 Å². The van der Waals surface area contributed by atoms with E-state index in [9.17, 15) is 0 Å². The lowest BCUT2D eigenvalue weighted by Crippen LogP contribution is -2.23. The zero-order valence-electron chi connectivity index (χ0n) is 17.6. The summed E-state index contributed by atoms with van der Waals surface area (Å²) in [6.45, 7) is 5.26. The Bertz CT molecular complexity index is 814. The van der Waals surface area contributed by atoms with Crippen LogP contribution in [0, 0.1) is 0 Å². The van der Waals surface area contributed by atoms with Crippen LogP contribution in [0.2, 0.25) is 0 Å². The molecule has 1 atom stereocenters. The number of benzene rings is 3. The molecule has 0 saturated heterocycles. The van der Waals surface area contributed by atoms with E-state index in [1.54, 1.807) is 0 Å². The highest BCUT2D eigenvalue weighted by Crippen LogP contribution is 2.18. The van der Waals surface area contributed by atoms with Crippen molar-refractivity contribution in [3.63, 3.8) is 0 Å². The second kappa shape index (κ2) is 12.2. The average Bonchev–Trinajstić information content (AvgIpc) is 2.78. The molecule has 29 heavy (non-hydrogen) atoms. The second-order valence-electron chi connectivity index (χ2n) is 7.73. The first-order valence-electron chi connectivity index (χ1n) is 10.9. The minimum atomic E-state index is 0.374. The van der Waals surface area contributed by atoms with Crippen LogP contribution in [-0.4, -0.2) is 13.1 Å². The molecule has 2 heteroatoms. The molecule has 3 aromatic rings. The molecule has 0 fully saturated rings. The van der Waals surface area contributed by atoms with Crippen LogP contribution < -0.4 is 10.6 Å². The van der Waals surface area contributed by atoms with Gasteiger partial charge < -0.3 is 10.6 Å². The lowest BCUT2D eigenvalue weighted by molar-refractivity contribution is 0.540. The second-order valence-corrected chi connectivity index (χ2v) is 7.73. The Hall–Kier alpha value is -2.42. The molecule has 0 aliphatic heterocycles. The van der Waals surface area contributed by atoms with Gasteiger partial charge in [-0.1, -0.05) is 84.9 Å². The van der Waals surface area contributed by atoms with Crippen molar-refractivity contribution in [3.8, 4) is 0 Å². The zero-order chi connectivity index (χ0) is 20.2. The molecule has 2 nitrogen and oxygen atoms in total. The first-order valence-corrected chi connectivity index (χ1v) is 10.9. The number of unbranched alkanes of at least 4 members (excludes halogenated alkanes) is 1. The van der Waals surface area contributed by atoms with E-state index in [0.717, 1.165) is 26.1 Å². The Morgan fingerprint density at radius 2 is 1.28 bits per heavy atom. The highest BCUT2D eigenvalue weighted by Gasteiger charge is 2.09. The zero-order valence-corrected chi connectivity index (χ0v) is 17.6. The molecule has 0 radical (unpaired) electrons. The maximum absolute atomic E-state index is 3.71. The quantitative estimate of drug-likeness (QED) is 0.391. The van der Waals surface area contributed by atoms with Gasteiger partial charge in [-0.05, 0) is 68.0 Å². The third-order valence-electron chi connectivity index (χ3n) is 5.46. The van der Waals surface area contributed by atoms with Crippen LogP contribution >= 0.6 is 0 Å². The predicted molar refractivity (Wildman–Crippen MR) is 124 cm³/mol. The van der Waals surface area contributed by atoms with Gasteiger partial charge in [-0.15, -0.1) is 0 Å². The Morgan fingerprint density at radius 1 is 0.655 bits per heavy atom. The summed E-state index contributed by atoms with van der Waals surface area (Å²) < 4.78 is 0. The van der Waals surface area contributed by atoms with Crippen molar-refractivity contribution in [2.75, 3.05) is 13.1 Å². The minimum Gasteiger partial charge on any atom is -0.312 e. The molecule has 152 valence electrons. The Balaban J connectivity index is 1.39. The van der Waals surface area contributed by atoms with Gasteiger partial charge in [0.05, 0.1) is 0 Å². The number of hydrogen-bond donors (Lipinski definition) is 2. The first kappa shape index (κ1) is 21.3. The fourth-order valence-electron chi connectivity index (χ4n) is 3.75. The van der Waals surface area contributed by atoms with E-state index in [0.29, 0.717) is 6.04 Å². The van der Waals surface area contributed by atoms with Gasteiger partial charge in [0, 0.05) is 12.6 Å². The molecule has 3 aromatic carbocycles. The molecule has 0 aliphatic rings. The summed E-state index contributed by atoms with van der Waals surface area (Å²) in [5.74, 6) is 0. The Morgan fingerprint density at radius 3 is 2.00 bits per heavy atom. The van der Waals surface area contributed by atoms with Crippen LogP contribution in [0.3, 0.4) is 0 Å². The summed E-state index contributed by atoms with van der Waals surface area (Å²) >= 11 is 0. The van der Waals surface area contributed by atoms with Gasteiger partial charge >= 0.3 is 0 Å². The molecule has 0 spiro atoms. The van der Waals surface area contributed by atoms with Crippen molar-refractivity contribution in [2.24, 2.45) is 0 Å². The molecule has 0 bridgehead atoms. The van der Waals surface area contributed by atoms with E-state index in [-0.39, 0.29) is 0 Å². The molecular formula is C27H34N2. The van der Waals surface area contributed by atoms with Gasteiger partial charge in [0.25, 0.3) is 0 Å². The molecular weight excluding hydrogens is 352 g/mol. The molecule has 0 aromatic heterocycles. The standard InChI is InChI=1S/C27H34N2/c1-23(29-20-11-10-16-24-12-4-2-5-13-24)27-18-9-8-17-26(27)22-28-21-19-25-14-6-3-7-15-25/h2-9,12-15,17-18,23,28-29H,10-11,16,19-22H2,1H3. The van der Waals surface area contributed by atoms with Gasteiger partial charge in [-0.2, -0.15) is 0 Å². The van der Waals surface area contributed by atoms with Crippen molar-refractivity contribution in [2.45, 2.75) is 45.2 Å². The fraction of sp³-hybridized carbons (Fsp3) is 0.333. The molecule has 0 aliphatic carbocycles. The Labute approximate surface area is 176 Å². The number of hydrogen-bond acceptors (Lipinski definition) is 2. The molecule has 0 amide bonds. The normalized spacial score (nSPS) is 12.0. The molecule has 0 heterocycles. The van der Waals surface area contributed by atoms with Gasteiger partial charge in [0.1, 0.15) is 0 Å². The van der Waals surface area contributed by atoms with Crippen LogP contribution in [0.5, 0.6) is 0 Å². The van der Waals surface area contributed by atoms with Gasteiger partial charge in [0.15, 0.2) is 0 Å². The number of nitrogens with one attached hydrogen (secondary N) is 2. The lowest BCUT2D eigenvalue weighted by Gasteiger charge is -2.18. The molecule has 1 unspecified atom stereocenters. The van der Waals surface area contributed by atoms with E-state index in [1.165, 1.54) is 41.5 Å². The average molecular weight is 387 g/mol. The third kappa shape index (κ3) is 7.49. The Kier molecular flexibility index (Phi) is 8.96. The van der Waals surface area contributed by atoms with Crippen molar-refractivity contribution >= 4 is 0 Å². The predicted octanol–water partition coefficient (Wildman–Crippen LogP) is 5.69. The summed E-state index contributed by atoms with van der Waals surface area (Å²) in [5, 5.41) is 7.33. The first-order chi connectivity index (χ1) is 14.3. The third-order valence-corrected chi connectivity index (χ3v) is 5.46. The van der Waals surface area contributed by atoms with Crippen LogP contribution in [-0.2, 0) is 19.4 Å². The van der Waals surface area contributed by atoms with E-state index in [2.05, 4.69) is 102 Å². The largest absolute Gasteiger partial charge is 0.312 e. The van der Waals surface area contributed by atoms with Crippen LogP contribution in [0.25, 0.3) is 0 Å². The monoisotopic (exact) mass is 386 g/mol. The fourth-order valence-corrected chi connectivity index (χ4v) is 3.75. The summed E-state index contributed by atoms with van der Waals surface area (Å²) in [6, 6.07) is 30.6. The SMILES string of the molecule is CC(NCCCCc1ccccc1)c1ccccc1CNCCc1ccccc1. The summed E-state index contributed by atoms with van der Waals surface area (Å²) in [5.41, 5.74) is 5.62. The van der Waals surface area contributed by atoms with Gasteiger partial charge in [0.2, 0.25) is 0 Å². The van der Waals surface area contributed by atoms with Crippen LogP contribution in [0.1, 0.15) is 48.1 Å². The van der Waals surface area contributed by atoms with E-state index >= 15 is 0 Å². The maximum Gasteiger partial charge on any atom is 0.0295 e. The lowest BCUT2D eigenvalue weighted by atomic mass is 10.0. The number of aryl methyl sites for hydroxylation is 1. The maximum atomic E-state index is 3.71. The van der Waals surface area contributed by atoms with Crippen LogP contribution in [0.4, 0.5) is 0 Å². The van der Waals surface area contributed by atoms with E-state index in [1.807, 2.05) is 0 Å². The summed E-state index contributed by atoms with van der Waals surface area (Å²) in [7, 11) is 0. The highest BCUT2D eigenvalue weighted by atomic mass is 14.9. The minimum absolute atomic E-state index is 0.374. The van der Waals surface area contributed by atoms with E-state index < -0.39 is 0 Å². The van der Waals surface area contributed by atoms with Gasteiger partial charge in [-0.3, -0.25) is 0 Å². The molecule has 3 rings (SSSR count). The van der Waals surface area contributed by atoms with E-state index in [4.69, 9.17) is 0 Å². The topological polar surface area (TPSA) is 24.1 Å². The van der Waals surface area contributed by atoms with Crippen LogP contribution in [0.15, 0.2) is 84.9 Å². The van der Waals surface area contributed by atoms with Gasteiger partial charge in [-0.25, -0.2) is 0 Å². The van der Waals surface area contributed by atoms with Crippen molar-refractivity contribution in [1.82, 2.24) is 10.6 Å². The van der Waals surface area contributed by atoms with Crippen molar-refractivity contribution in [1.29, 1.82) is 0 Å². The van der Waals surface area contributed by atoms with Crippen molar-refractivity contribution < 1.29 is 0 Å². The molecule has 2 N–H and O–H groups in total. The number of rotatable bonds is 12. The molecule has 0 saturated carbocycles. The summed E-state index contributed by atoms with van der Waals surface area (Å²) in [6.07, 6.45) is 4.67. The highest BCUT2D eigenvalue weighted by molar-refractivity contribution is 5.29. The smallest absolute Gasteiger partial charge is 0.0295 e. The summed E-state index contributed by atoms with van der Waals surface area (Å²) in [4.78, 5) is 0.